The van der Waals surface area contributed by atoms with Crippen molar-refractivity contribution >= 4 is 11.0 Å². The number of benzene rings is 2. The number of aromatic nitrogens is 3. The summed E-state index contributed by atoms with van der Waals surface area (Å²) in [5, 5.41) is 18.3. The molecule has 0 saturated carbocycles. The third kappa shape index (κ3) is 2.09. The zero-order chi connectivity index (χ0) is 13.9. The van der Waals surface area contributed by atoms with Gasteiger partial charge in [0.05, 0.1) is 5.52 Å². The van der Waals surface area contributed by atoms with Crippen molar-refractivity contribution in [3.05, 3.63) is 55.1 Å². The van der Waals surface area contributed by atoms with Gasteiger partial charge in [-0.1, -0.05) is 30.0 Å². The van der Waals surface area contributed by atoms with E-state index in [2.05, 4.69) is 16.9 Å². The van der Waals surface area contributed by atoms with Gasteiger partial charge >= 0.3 is 0 Å². The highest BCUT2D eigenvalue weighted by Crippen LogP contribution is 2.28. The van der Waals surface area contributed by atoms with Gasteiger partial charge in [0.25, 0.3) is 0 Å². The zero-order valence-electron chi connectivity index (χ0n) is 10.7. The highest BCUT2D eigenvalue weighted by Gasteiger charge is 2.10. The normalized spacial score (nSPS) is 10.6. The van der Waals surface area contributed by atoms with Gasteiger partial charge in [0, 0.05) is 6.07 Å². The molecule has 5 nitrogen and oxygen atoms in total. The molecule has 1 N–H and O–H groups in total. The minimum Gasteiger partial charge on any atom is -0.506 e. The Morgan fingerprint density at radius 2 is 2.10 bits per heavy atom. The van der Waals surface area contributed by atoms with E-state index in [1.54, 1.807) is 29.0 Å². The van der Waals surface area contributed by atoms with Crippen LogP contribution in [0.15, 0.2) is 55.1 Å². The molecule has 0 bridgehead atoms. The summed E-state index contributed by atoms with van der Waals surface area (Å²) in [4.78, 5) is 0. The smallest absolute Gasteiger partial charge is 0.145 e. The monoisotopic (exact) mass is 267 g/mol. The molecule has 0 saturated heterocycles. The summed E-state index contributed by atoms with van der Waals surface area (Å²) in [5.74, 6) is 0.665. The van der Waals surface area contributed by atoms with Gasteiger partial charge in [-0.15, -0.1) is 5.10 Å². The van der Waals surface area contributed by atoms with Gasteiger partial charge in [0.2, 0.25) is 0 Å². The van der Waals surface area contributed by atoms with Crippen molar-refractivity contribution in [2.45, 2.75) is 0 Å². The number of phenols is 1. The first-order chi connectivity index (χ1) is 9.79. The predicted molar refractivity (Wildman–Crippen MR) is 76.2 cm³/mol. The quantitative estimate of drug-likeness (QED) is 0.738. The number of hydrogen-bond acceptors (Lipinski definition) is 4. The number of aromatic hydroxyl groups is 1. The highest BCUT2D eigenvalue weighted by molar-refractivity contribution is 5.76. The Labute approximate surface area is 115 Å². The first kappa shape index (κ1) is 12.2. The molecule has 3 aromatic rings. The van der Waals surface area contributed by atoms with E-state index in [4.69, 9.17) is 4.74 Å². The largest absolute Gasteiger partial charge is 0.506 e. The van der Waals surface area contributed by atoms with Gasteiger partial charge in [0.1, 0.15) is 29.3 Å². The van der Waals surface area contributed by atoms with Gasteiger partial charge < -0.3 is 9.84 Å². The van der Waals surface area contributed by atoms with Crippen LogP contribution in [0.25, 0.3) is 16.7 Å². The lowest BCUT2D eigenvalue weighted by Crippen LogP contribution is -1.98. The maximum Gasteiger partial charge on any atom is 0.145 e. The molecule has 1 heterocycles. The van der Waals surface area contributed by atoms with Crippen LogP contribution in [-0.4, -0.2) is 26.7 Å². The molecule has 0 radical (unpaired) electrons. The summed E-state index contributed by atoms with van der Waals surface area (Å²) in [7, 11) is 0. The van der Waals surface area contributed by atoms with Crippen molar-refractivity contribution in [3.8, 4) is 17.2 Å². The number of fused-ring (bicyclic) bond motifs is 1. The highest BCUT2D eigenvalue weighted by atomic mass is 16.5. The van der Waals surface area contributed by atoms with E-state index in [9.17, 15) is 5.11 Å². The maximum absolute atomic E-state index is 10.1. The zero-order valence-corrected chi connectivity index (χ0v) is 10.7. The number of para-hydroxylation sites is 1. The Kier molecular flexibility index (Phi) is 3.09. The number of phenolic OH excluding ortho intramolecular Hbond substituents is 1. The molecule has 0 unspecified atom stereocenters. The van der Waals surface area contributed by atoms with Crippen molar-refractivity contribution in [1.29, 1.82) is 0 Å². The molecule has 0 atom stereocenters. The molecule has 0 fully saturated rings. The average Bonchev–Trinajstić information content (AvgIpc) is 2.89. The summed E-state index contributed by atoms with van der Waals surface area (Å²) >= 11 is 0. The Balaban J connectivity index is 2.04. The predicted octanol–water partition coefficient (Wildman–Crippen LogP) is 2.69. The fourth-order valence-corrected chi connectivity index (χ4v) is 1.97. The third-order valence-corrected chi connectivity index (χ3v) is 2.89. The molecule has 100 valence electrons. The minimum absolute atomic E-state index is 0.0854. The molecular weight excluding hydrogens is 254 g/mol. The van der Waals surface area contributed by atoms with E-state index in [-0.39, 0.29) is 5.75 Å². The fraction of sp³-hybridized carbons (Fsp3) is 0.0667. The van der Waals surface area contributed by atoms with Crippen molar-refractivity contribution in [3.63, 3.8) is 0 Å². The van der Waals surface area contributed by atoms with Crippen LogP contribution in [-0.2, 0) is 0 Å². The first-order valence-electron chi connectivity index (χ1n) is 6.17. The van der Waals surface area contributed by atoms with Crippen LogP contribution in [0.4, 0.5) is 0 Å². The molecule has 0 aliphatic rings. The summed E-state index contributed by atoms with van der Waals surface area (Å²) < 4.78 is 6.97. The lowest BCUT2D eigenvalue weighted by molar-refractivity contribution is 0.359. The number of nitrogens with zero attached hydrogens (tertiary/aromatic N) is 3. The van der Waals surface area contributed by atoms with Gasteiger partial charge in [-0.3, -0.25) is 0 Å². The number of rotatable bonds is 4. The van der Waals surface area contributed by atoms with Crippen molar-refractivity contribution in [2.24, 2.45) is 0 Å². The van der Waals surface area contributed by atoms with Crippen LogP contribution in [0.1, 0.15) is 0 Å². The molecule has 0 aliphatic carbocycles. The van der Waals surface area contributed by atoms with Gasteiger partial charge in [-0.25, -0.2) is 4.68 Å². The molecule has 0 amide bonds. The van der Waals surface area contributed by atoms with E-state index in [1.807, 2.05) is 24.3 Å². The Morgan fingerprint density at radius 3 is 2.90 bits per heavy atom. The van der Waals surface area contributed by atoms with Crippen LogP contribution < -0.4 is 4.74 Å². The standard InChI is InChI=1S/C15H13N3O2/c1-2-9-20-11-7-8-14(15(19)10-11)18-13-6-4-3-5-12(13)16-17-18/h2-8,10,19H,1,9H2. The van der Waals surface area contributed by atoms with Crippen LogP contribution in [0.2, 0.25) is 0 Å². The van der Waals surface area contributed by atoms with E-state index < -0.39 is 0 Å². The summed E-state index contributed by atoms with van der Waals surface area (Å²) in [6.07, 6.45) is 1.65. The molecule has 5 heteroatoms. The molecule has 0 aliphatic heterocycles. The Hall–Kier alpha value is -2.82. The lowest BCUT2D eigenvalue weighted by atomic mass is 10.2. The second kappa shape index (κ2) is 5.05. The third-order valence-electron chi connectivity index (χ3n) is 2.89. The van der Waals surface area contributed by atoms with E-state index in [1.165, 1.54) is 0 Å². The van der Waals surface area contributed by atoms with Crippen LogP contribution in [0, 0.1) is 0 Å². The summed E-state index contributed by atoms with van der Waals surface area (Å²) in [6.45, 7) is 3.97. The number of hydrogen-bond donors (Lipinski definition) is 1. The average molecular weight is 267 g/mol. The number of ether oxygens (including phenoxy) is 1. The maximum atomic E-state index is 10.1. The molecule has 3 rings (SSSR count). The topological polar surface area (TPSA) is 60.2 Å². The molecule has 2 aromatic carbocycles. The van der Waals surface area contributed by atoms with E-state index in [0.717, 1.165) is 11.0 Å². The van der Waals surface area contributed by atoms with Crippen LogP contribution in [0.3, 0.4) is 0 Å². The molecule has 1 aromatic heterocycles. The second-order valence-electron chi connectivity index (χ2n) is 4.24. The van der Waals surface area contributed by atoms with Crippen LogP contribution in [0.5, 0.6) is 11.5 Å². The Morgan fingerprint density at radius 1 is 1.25 bits per heavy atom. The fourth-order valence-electron chi connectivity index (χ4n) is 1.97. The van der Waals surface area contributed by atoms with Gasteiger partial charge in [-0.2, -0.15) is 0 Å². The van der Waals surface area contributed by atoms with E-state index >= 15 is 0 Å². The van der Waals surface area contributed by atoms with Gasteiger partial charge in [0.15, 0.2) is 0 Å². The minimum atomic E-state index is 0.0854. The summed E-state index contributed by atoms with van der Waals surface area (Å²) in [5.41, 5.74) is 2.17. The SMILES string of the molecule is C=CCOc1ccc(-n2nnc3ccccc32)c(O)c1. The first-order valence-corrected chi connectivity index (χ1v) is 6.17. The Bertz CT molecular complexity index is 765. The van der Waals surface area contributed by atoms with Gasteiger partial charge in [-0.05, 0) is 24.3 Å². The van der Waals surface area contributed by atoms with Crippen molar-refractivity contribution in [1.82, 2.24) is 15.0 Å². The molecule has 20 heavy (non-hydrogen) atoms. The summed E-state index contributed by atoms with van der Waals surface area (Å²) in [6, 6.07) is 12.6. The van der Waals surface area contributed by atoms with Crippen LogP contribution >= 0.6 is 0 Å². The lowest BCUT2D eigenvalue weighted by Gasteiger charge is -2.08. The second-order valence-corrected chi connectivity index (χ2v) is 4.24. The van der Waals surface area contributed by atoms with E-state index in [0.29, 0.717) is 18.0 Å². The molecular formula is C15H13N3O2. The van der Waals surface area contributed by atoms with Crippen molar-refractivity contribution in [2.75, 3.05) is 6.61 Å². The molecule has 0 spiro atoms. The van der Waals surface area contributed by atoms with Crippen molar-refractivity contribution < 1.29 is 9.84 Å².